The number of nitrogens with zero attached hydrogens (tertiary/aromatic N) is 1. The molecule has 0 unspecified atom stereocenters. The lowest BCUT2D eigenvalue weighted by Crippen LogP contribution is -2.12. The van der Waals surface area contributed by atoms with Crippen LogP contribution in [0.1, 0.15) is 36.8 Å². The maximum Gasteiger partial charge on any atom is 0.322 e. The summed E-state index contributed by atoms with van der Waals surface area (Å²) in [6, 6.07) is 12.3. The van der Waals surface area contributed by atoms with E-state index in [1.54, 1.807) is 48.1 Å². The largest absolute Gasteiger partial charge is 0.480 e. The first-order valence-corrected chi connectivity index (χ1v) is 12.9. The van der Waals surface area contributed by atoms with Gasteiger partial charge in [-0.1, -0.05) is 24.3 Å². The molecule has 1 aromatic heterocycles. The number of sulfone groups is 1. The van der Waals surface area contributed by atoms with E-state index in [-0.39, 0.29) is 41.2 Å². The number of anilines is 1. The van der Waals surface area contributed by atoms with Gasteiger partial charge in [0.05, 0.1) is 10.6 Å². The van der Waals surface area contributed by atoms with Gasteiger partial charge in [0.1, 0.15) is 18.2 Å². The third-order valence-corrected chi connectivity index (χ3v) is 7.63. The topological polar surface area (TPSA) is 155 Å². The predicted octanol–water partition coefficient (Wildman–Crippen LogP) is 3.53. The molecule has 1 heterocycles. The smallest absolute Gasteiger partial charge is 0.322 e. The fourth-order valence-corrected chi connectivity index (χ4v) is 5.50. The van der Waals surface area contributed by atoms with Crippen molar-refractivity contribution < 1.29 is 23.1 Å². The molecule has 0 fully saturated rings. The molecule has 0 radical (unpaired) electrons. The van der Waals surface area contributed by atoms with Crippen molar-refractivity contribution in [2.45, 2.75) is 37.0 Å². The molecule has 0 spiro atoms. The van der Waals surface area contributed by atoms with Crippen molar-refractivity contribution >= 4 is 56.4 Å². The number of hydrogen-bond donors (Lipinski definition) is 4. The Balaban J connectivity index is 0.00000456. The second-order valence-corrected chi connectivity index (χ2v) is 10.6. The highest BCUT2D eigenvalue weighted by Crippen LogP contribution is 2.29. The van der Waals surface area contributed by atoms with Crippen LogP contribution in [0, 0.1) is 5.41 Å². The highest BCUT2D eigenvalue weighted by Gasteiger charge is 2.21. The summed E-state index contributed by atoms with van der Waals surface area (Å²) in [5.74, 6) is -0.997. The lowest BCUT2D eigenvalue weighted by molar-refractivity contribution is -0.135. The van der Waals surface area contributed by atoms with Crippen LogP contribution < -0.4 is 11.1 Å². The normalized spacial score (nSPS) is 11.1. The molecule has 0 aliphatic carbocycles. The number of ketones is 1. The number of benzene rings is 2. The lowest BCUT2D eigenvalue weighted by atomic mass is 10.0. The number of aromatic nitrogens is 1. The van der Waals surface area contributed by atoms with E-state index >= 15 is 0 Å². The Kier molecular flexibility index (Phi) is 10.1. The number of amidine groups is 1. The van der Waals surface area contributed by atoms with Crippen LogP contribution in [-0.4, -0.2) is 48.0 Å². The van der Waals surface area contributed by atoms with Crippen molar-refractivity contribution in [2.75, 3.05) is 17.6 Å². The zero-order chi connectivity index (χ0) is 25.6. The average Bonchev–Trinajstić information content (AvgIpc) is 3.16. The Bertz CT molecular complexity index is 1350. The molecule has 0 aliphatic rings. The average molecular weight is 535 g/mol. The Morgan fingerprint density at radius 1 is 1.08 bits per heavy atom. The first-order chi connectivity index (χ1) is 16.6. The number of halogens is 1. The number of nitrogens with two attached hydrogens (primary N) is 1. The summed E-state index contributed by atoms with van der Waals surface area (Å²) in [5, 5.41) is 19.6. The van der Waals surface area contributed by atoms with Gasteiger partial charge in [-0.25, -0.2) is 8.42 Å². The zero-order valence-electron chi connectivity index (χ0n) is 20.0. The zero-order valence-corrected chi connectivity index (χ0v) is 21.6. The van der Waals surface area contributed by atoms with Crippen molar-refractivity contribution in [2.24, 2.45) is 12.8 Å². The standard InChI is InChI=1S/C25H30N4O5S.ClH/c1-29-16-23(21-14-19(10-12-22(21)29)28-15-24(31)32)35(33,34)13-3-2-4-20(30)11-7-17-5-8-18(9-6-17)25(26)27;/h5-6,8-10,12,14,16,28H,2-4,7,11,13,15H2,1H3,(H3,26,27)(H,31,32);1H. The minimum absolute atomic E-state index is 0. The van der Waals surface area contributed by atoms with Gasteiger partial charge < -0.3 is 20.7 Å². The van der Waals surface area contributed by atoms with E-state index in [9.17, 15) is 18.0 Å². The number of aryl methyl sites for hydroxylation is 2. The van der Waals surface area contributed by atoms with E-state index in [1.165, 1.54) is 0 Å². The molecule has 0 bridgehead atoms. The van der Waals surface area contributed by atoms with Gasteiger partial charge >= 0.3 is 5.97 Å². The Hall–Kier alpha value is -3.37. The number of aliphatic carboxylic acids is 1. The SMILES string of the molecule is Cl.Cn1cc(S(=O)(=O)CCCCC(=O)CCc2ccc(C(=N)N)cc2)c2cc(NCC(=O)O)ccc21. The number of unbranched alkanes of at least 4 members (excludes halogenated alkanes) is 1. The number of carbonyl (C=O) groups is 2. The molecule has 0 amide bonds. The van der Waals surface area contributed by atoms with Crippen molar-refractivity contribution in [1.29, 1.82) is 5.41 Å². The number of carbonyl (C=O) groups excluding carboxylic acids is 1. The first kappa shape index (κ1) is 28.9. The van der Waals surface area contributed by atoms with E-state index in [1.807, 2.05) is 12.1 Å². The number of fused-ring (bicyclic) bond motifs is 1. The van der Waals surface area contributed by atoms with Gasteiger partial charge in [0.2, 0.25) is 0 Å². The second-order valence-electron chi connectivity index (χ2n) is 8.51. The molecule has 3 aromatic rings. The molecular formula is C25H31ClN4O5S. The van der Waals surface area contributed by atoms with Gasteiger partial charge in [-0.05, 0) is 43.0 Å². The Labute approximate surface area is 216 Å². The fraction of sp³-hybridized carbons (Fsp3) is 0.320. The molecule has 0 saturated carbocycles. The van der Waals surface area contributed by atoms with E-state index in [0.717, 1.165) is 11.1 Å². The van der Waals surface area contributed by atoms with Crippen molar-refractivity contribution in [3.05, 3.63) is 59.8 Å². The minimum Gasteiger partial charge on any atom is -0.480 e. The molecule has 5 N–H and O–H groups in total. The third-order valence-electron chi connectivity index (χ3n) is 5.81. The van der Waals surface area contributed by atoms with Crippen LogP contribution in [0.4, 0.5) is 5.69 Å². The van der Waals surface area contributed by atoms with E-state index < -0.39 is 15.8 Å². The number of rotatable bonds is 13. The predicted molar refractivity (Wildman–Crippen MR) is 143 cm³/mol. The molecule has 0 aliphatic heterocycles. The van der Waals surface area contributed by atoms with Crippen LogP contribution in [0.15, 0.2) is 53.6 Å². The lowest BCUT2D eigenvalue weighted by Gasteiger charge is -2.06. The van der Waals surface area contributed by atoms with Gasteiger partial charge in [-0.15, -0.1) is 12.4 Å². The van der Waals surface area contributed by atoms with Crippen LogP contribution >= 0.6 is 12.4 Å². The van der Waals surface area contributed by atoms with Gasteiger partial charge in [0.25, 0.3) is 0 Å². The first-order valence-electron chi connectivity index (χ1n) is 11.3. The number of carboxylic acids is 1. The number of hydrogen-bond acceptors (Lipinski definition) is 6. The maximum atomic E-state index is 13.0. The quantitative estimate of drug-likeness (QED) is 0.148. The van der Waals surface area contributed by atoms with Crippen LogP contribution in [0.2, 0.25) is 0 Å². The molecule has 9 nitrogen and oxygen atoms in total. The molecular weight excluding hydrogens is 504 g/mol. The molecule has 194 valence electrons. The molecule has 0 atom stereocenters. The molecule has 36 heavy (non-hydrogen) atoms. The molecule has 2 aromatic carbocycles. The summed E-state index contributed by atoms with van der Waals surface area (Å²) in [6.07, 6.45) is 3.71. The van der Waals surface area contributed by atoms with Crippen LogP contribution in [0.5, 0.6) is 0 Å². The van der Waals surface area contributed by atoms with Gasteiger partial charge in [-0.2, -0.15) is 0 Å². The summed E-state index contributed by atoms with van der Waals surface area (Å²) < 4.78 is 27.8. The monoisotopic (exact) mass is 534 g/mol. The van der Waals surface area contributed by atoms with E-state index in [0.29, 0.717) is 48.7 Å². The van der Waals surface area contributed by atoms with Crippen molar-refractivity contribution in [3.63, 3.8) is 0 Å². The van der Waals surface area contributed by atoms with Gasteiger partial charge in [0, 0.05) is 48.2 Å². The molecule has 3 rings (SSSR count). The van der Waals surface area contributed by atoms with Gasteiger partial charge in [-0.3, -0.25) is 15.0 Å². The van der Waals surface area contributed by atoms with Crippen molar-refractivity contribution in [3.8, 4) is 0 Å². The van der Waals surface area contributed by atoms with Crippen molar-refractivity contribution in [1.82, 2.24) is 4.57 Å². The number of Topliss-reactive ketones (excluding diaryl/α,β-unsaturated/α-hetero) is 1. The van der Waals surface area contributed by atoms with Crippen LogP contribution in [0.3, 0.4) is 0 Å². The summed E-state index contributed by atoms with van der Waals surface area (Å²) in [5.41, 5.74) is 8.33. The number of carboxylic acid groups (broad SMARTS) is 1. The summed E-state index contributed by atoms with van der Waals surface area (Å²) in [4.78, 5) is 23.3. The van der Waals surface area contributed by atoms with E-state index in [2.05, 4.69) is 5.32 Å². The van der Waals surface area contributed by atoms with Gasteiger partial charge in [0.15, 0.2) is 9.84 Å². The number of nitrogen functional groups attached to an aromatic ring is 1. The summed E-state index contributed by atoms with van der Waals surface area (Å²) in [7, 11) is -1.82. The molecule has 0 saturated heterocycles. The summed E-state index contributed by atoms with van der Waals surface area (Å²) >= 11 is 0. The van der Waals surface area contributed by atoms with Crippen LogP contribution in [0.25, 0.3) is 10.9 Å². The molecule has 11 heteroatoms. The number of nitrogens with one attached hydrogen (secondary N) is 2. The Morgan fingerprint density at radius 3 is 2.42 bits per heavy atom. The van der Waals surface area contributed by atoms with E-state index in [4.69, 9.17) is 16.2 Å². The van der Waals surface area contributed by atoms with Crippen LogP contribution in [-0.2, 0) is 32.9 Å². The second kappa shape index (κ2) is 12.5. The summed E-state index contributed by atoms with van der Waals surface area (Å²) in [6.45, 7) is -0.266. The minimum atomic E-state index is -3.58. The highest BCUT2D eigenvalue weighted by molar-refractivity contribution is 7.91. The third kappa shape index (κ3) is 7.56. The maximum absolute atomic E-state index is 13.0. The Morgan fingerprint density at radius 2 is 1.78 bits per heavy atom. The highest BCUT2D eigenvalue weighted by atomic mass is 35.5. The fourth-order valence-electron chi connectivity index (χ4n) is 3.88.